The van der Waals surface area contributed by atoms with E-state index in [1.165, 1.54) is 4.90 Å². The first-order valence-corrected chi connectivity index (χ1v) is 12.6. The van der Waals surface area contributed by atoms with Gasteiger partial charge in [-0.05, 0) is 56.5 Å². The summed E-state index contributed by atoms with van der Waals surface area (Å²) < 4.78 is 22.5. The van der Waals surface area contributed by atoms with E-state index in [9.17, 15) is 19.6 Å². The first kappa shape index (κ1) is 40.2. The van der Waals surface area contributed by atoms with Gasteiger partial charge in [0.2, 0.25) is 11.8 Å². The van der Waals surface area contributed by atoms with Gasteiger partial charge in [-0.1, -0.05) is 18.6 Å². The van der Waals surface area contributed by atoms with Crippen LogP contribution in [0, 0.1) is 20.0 Å². The van der Waals surface area contributed by atoms with Gasteiger partial charge in [-0.15, -0.1) is 0 Å². The van der Waals surface area contributed by atoms with Crippen molar-refractivity contribution in [2.24, 2.45) is 0 Å². The van der Waals surface area contributed by atoms with Crippen LogP contribution in [0.4, 0.5) is 0 Å². The molecular formula is C27H34BN5O7Re. The third-order valence-electron chi connectivity index (χ3n) is 6.00. The molecular weight excluding hydrogens is 703 g/mol. The molecule has 41 heavy (non-hydrogen) atoms. The van der Waals surface area contributed by atoms with Gasteiger partial charge in [0.05, 0.1) is 23.9 Å². The molecule has 2 aromatic rings. The van der Waals surface area contributed by atoms with E-state index in [1.54, 1.807) is 12.4 Å². The molecule has 1 radical (unpaired) electrons. The van der Waals surface area contributed by atoms with Crippen molar-refractivity contribution in [2.75, 3.05) is 19.6 Å². The number of carbonyl (C=O) groups is 2. The third kappa shape index (κ3) is 16.8. The van der Waals surface area contributed by atoms with Gasteiger partial charge in [0.15, 0.2) is 0 Å². The Bertz CT molecular complexity index is 973. The molecule has 2 amide bonds. The number of carbonyl (C=O) groups excluding carboxylic acids is 2. The average Bonchev–Trinajstić information content (AvgIpc) is 3.51. The van der Waals surface area contributed by atoms with Crippen LogP contribution in [0.15, 0.2) is 48.8 Å². The van der Waals surface area contributed by atoms with Crippen LogP contribution in [-0.4, -0.2) is 74.3 Å². The van der Waals surface area contributed by atoms with E-state index in [2.05, 4.69) is 40.1 Å². The Kier molecular flexibility index (Phi) is 25.5. The number of unbranched alkanes of at least 4 members (excludes halogenated alkanes) is 2. The molecule has 1 atom stereocenters. The minimum atomic E-state index is -1.54. The van der Waals surface area contributed by atoms with Crippen molar-refractivity contribution in [3.05, 3.63) is 80.1 Å². The molecule has 3 heterocycles. The molecule has 2 aromatic heterocycles. The standard InChI is InChI=1S/C24H34BN5O4.3CO.Re/c31-23(28-17-24(32)30-16-8-11-22(30)25(33)34)12-2-1-7-15-29(18-20-9-3-5-13-26-20)19-21-10-4-6-14-27-21;3*1-2;/h3-6,9-10,13-14,22,33-34H,1-2,7-8,11-12,15-19H2,(H,28,31);;;;. The minimum absolute atomic E-state index is 0. The Labute approximate surface area is 254 Å². The van der Waals surface area contributed by atoms with Gasteiger partial charge in [0, 0.05) is 58.9 Å². The smallest absolute Gasteiger partial charge is 0 e. The number of pyridine rings is 2. The molecule has 0 aliphatic carbocycles. The van der Waals surface area contributed by atoms with Gasteiger partial charge in [0.25, 0.3) is 0 Å². The molecule has 0 spiro atoms. The van der Waals surface area contributed by atoms with E-state index in [-0.39, 0.29) is 38.8 Å². The van der Waals surface area contributed by atoms with E-state index in [0.717, 1.165) is 56.7 Å². The van der Waals surface area contributed by atoms with E-state index < -0.39 is 13.1 Å². The maximum absolute atomic E-state index is 12.3. The van der Waals surface area contributed by atoms with Crippen LogP contribution >= 0.6 is 0 Å². The summed E-state index contributed by atoms with van der Waals surface area (Å²) in [5.41, 5.74) is 2.02. The predicted molar refractivity (Wildman–Crippen MR) is 141 cm³/mol. The van der Waals surface area contributed by atoms with Crippen LogP contribution in [0.25, 0.3) is 0 Å². The fourth-order valence-corrected chi connectivity index (χ4v) is 4.23. The first-order valence-electron chi connectivity index (χ1n) is 12.6. The Hall–Kier alpha value is -2.93. The fourth-order valence-electron chi connectivity index (χ4n) is 4.23. The maximum Gasteiger partial charge on any atom is 0 e. The summed E-state index contributed by atoms with van der Waals surface area (Å²) in [5, 5.41) is 21.4. The molecule has 219 valence electrons. The maximum atomic E-state index is 12.3. The Balaban J connectivity index is 0. The second kappa shape index (κ2) is 26.0. The van der Waals surface area contributed by atoms with Crippen LogP contribution in [-0.2, 0) is 57.1 Å². The van der Waals surface area contributed by atoms with E-state index in [4.69, 9.17) is 14.0 Å². The summed E-state index contributed by atoms with van der Waals surface area (Å²) in [4.78, 5) is 37.1. The largest absolute Gasteiger partial charge is 0 e. The SMILES string of the molecule is O=C(CCCCCN(Cc1ccccn1)Cc1ccccn1)NCC(=O)N1CCCC1B(O)O.[C-]#[O+].[C-]#[O+].[C-]#[O+].[Re]. The van der Waals surface area contributed by atoms with Crippen molar-refractivity contribution in [2.45, 2.75) is 57.6 Å². The summed E-state index contributed by atoms with van der Waals surface area (Å²) in [7, 11) is -1.54. The van der Waals surface area contributed by atoms with E-state index >= 15 is 0 Å². The zero-order valence-corrected chi connectivity index (χ0v) is 25.4. The number of amides is 2. The first-order chi connectivity index (χ1) is 19.5. The summed E-state index contributed by atoms with van der Waals surface area (Å²) >= 11 is 0. The van der Waals surface area contributed by atoms with Crippen LogP contribution in [0.2, 0.25) is 0 Å². The monoisotopic (exact) mass is 738 g/mol. The zero-order valence-electron chi connectivity index (χ0n) is 22.7. The molecule has 0 saturated carbocycles. The quantitative estimate of drug-likeness (QED) is 0.119. The summed E-state index contributed by atoms with van der Waals surface area (Å²) in [5.74, 6) is -1.01. The predicted octanol–water partition coefficient (Wildman–Crippen LogP) is 1.04. The summed E-state index contributed by atoms with van der Waals surface area (Å²) in [6.45, 7) is 16.2. The number of likely N-dealkylation sites (tertiary alicyclic amines) is 1. The van der Waals surface area contributed by atoms with E-state index in [0.29, 0.717) is 19.4 Å². The van der Waals surface area contributed by atoms with Crippen molar-refractivity contribution in [3.8, 4) is 0 Å². The van der Waals surface area contributed by atoms with Crippen LogP contribution in [0.3, 0.4) is 0 Å². The van der Waals surface area contributed by atoms with Gasteiger partial charge in [-0.3, -0.25) is 24.5 Å². The molecule has 1 aliphatic heterocycles. The van der Waals surface area contributed by atoms with Gasteiger partial charge < -0.3 is 20.3 Å². The van der Waals surface area contributed by atoms with E-state index in [1.807, 2.05) is 36.4 Å². The third-order valence-corrected chi connectivity index (χ3v) is 6.00. The number of hydrogen-bond donors (Lipinski definition) is 3. The van der Waals surface area contributed by atoms with Crippen LogP contribution in [0.5, 0.6) is 0 Å². The number of rotatable bonds is 13. The number of hydrogen-bond acceptors (Lipinski definition) is 7. The summed E-state index contributed by atoms with van der Waals surface area (Å²) in [6, 6.07) is 11.8. The Morgan fingerprint density at radius 2 is 1.51 bits per heavy atom. The summed E-state index contributed by atoms with van der Waals surface area (Å²) in [6.07, 6.45) is 7.83. The molecule has 1 unspecified atom stereocenters. The number of nitrogens with one attached hydrogen (secondary N) is 1. The molecule has 0 bridgehead atoms. The van der Waals surface area contributed by atoms with Gasteiger partial charge >= 0.3 is 41.0 Å². The molecule has 1 aliphatic rings. The van der Waals surface area contributed by atoms with Gasteiger partial charge in [0.1, 0.15) is 0 Å². The van der Waals surface area contributed by atoms with Crippen molar-refractivity contribution >= 4 is 18.9 Å². The minimum Gasteiger partial charge on any atom is 0 e. The van der Waals surface area contributed by atoms with Gasteiger partial charge in [-0.25, -0.2) is 0 Å². The Morgan fingerprint density at radius 1 is 0.951 bits per heavy atom. The molecule has 3 rings (SSSR count). The number of aromatic nitrogens is 2. The molecule has 1 fully saturated rings. The average molecular weight is 738 g/mol. The van der Waals surface area contributed by atoms with Crippen molar-refractivity contribution < 1.29 is 54.0 Å². The van der Waals surface area contributed by atoms with Crippen molar-refractivity contribution in [3.63, 3.8) is 0 Å². The second-order valence-corrected chi connectivity index (χ2v) is 8.65. The number of nitrogens with zero attached hydrogens (tertiary/aromatic N) is 4. The molecule has 1 saturated heterocycles. The molecule has 14 heteroatoms. The topological polar surface area (TPSA) is 179 Å². The van der Waals surface area contributed by atoms with Crippen LogP contribution in [0.1, 0.15) is 49.9 Å². The molecule has 3 N–H and O–H groups in total. The molecule has 12 nitrogen and oxygen atoms in total. The second-order valence-electron chi connectivity index (χ2n) is 8.65. The van der Waals surface area contributed by atoms with Crippen molar-refractivity contribution in [1.29, 1.82) is 0 Å². The fraction of sp³-hybridized carbons (Fsp3) is 0.444. The zero-order chi connectivity index (χ0) is 30.2. The molecule has 0 aromatic carbocycles. The van der Waals surface area contributed by atoms with Gasteiger partial charge in [-0.2, -0.15) is 0 Å². The van der Waals surface area contributed by atoms with Crippen LogP contribution < -0.4 is 5.32 Å². The normalized spacial score (nSPS) is 13.0. The Morgan fingerprint density at radius 3 is 2.00 bits per heavy atom. The van der Waals surface area contributed by atoms with Crippen molar-refractivity contribution in [1.82, 2.24) is 25.1 Å².